The molecule has 19 aromatic rings. The van der Waals surface area contributed by atoms with E-state index in [2.05, 4.69) is 45.8 Å². The summed E-state index contributed by atoms with van der Waals surface area (Å²) in [5.41, 5.74) is 14.4. The molecule has 0 spiro atoms. The number of methoxy groups -OCH3 is 4. The van der Waals surface area contributed by atoms with Gasteiger partial charge in [0.15, 0.2) is 51.7 Å². The van der Waals surface area contributed by atoms with Gasteiger partial charge in [-0.2, -0.15) is 0 Å². The van der Waals surface area contributed by atoms with Crippen LogP contribution in [-0.4, -0.2) is 113 Å². The molecular formula is C119H97BrCl2N6O17. The fraction of sp³-hybridized carbons (Fsp3) is 0.0840. The quantitative estimate of drug-likeness (QED) is 0.0245. The molecule has 1 aliphatic heterocycles. The van der Waals surface area contributed by atoms with Crippen molar-refractivity contribution in [1.82, 2.24) is 29.9 Å². The Morgan fingerprint density at radius 3 is 1.19 bits per heavy atom. The molecule has 145 heavy (non-hydrogen) atoms. The van der Waals surface area contributed by atoms with Gasteiger partial charge in [-0.15, -0.1) is 0 Å². The van der Waals surface area contributed by atoms with Crippen molar-refractivity contribution >= 4 is 183 Å². The summed E-state index contributed by atoms with van der Waals surface area (Å²) in [5, 5.41) is 75.6. The van der Waals surface area contributed by atoms with Crippen LogP contribution in [0, 0.1) is 0 Å². The Morgan fingerprint density at radius 2 is 0.731 bits per heavy atom. The van der Waals surface area contributed by atoms with Gasteiger partial charge in [-0.25, -0.2) is 29.9 Å². The van der Waals surface area contributed by atoms with Gasteiger partial charge in [0.2, 0.25) is 6.79 Å². The van der Waals surface area contributed by atoms with E-state index in [1.807, 2.05) is 299 Å². The molecule has 0 atom stereocenters. The number of phenols is 7. The molecule has 0 unspecified atom stereocenters. The van der Waals surface area contributed by atoms with E-state index < -0.39 is 0 Å². The first kappa shape index (κ1) is 102. The van der Waals surface area contributed by atoms with Crippen LogP contribution in [0.3, 0.4) is 0 Å². The number of para-hydroxylation sites is 6. The van der Waals surface area contributed by atoms with Crippen molar-refractivity contribution in [1.29, 1.82) is 0 Å². The smallest absolute Gasteiger partial charge is 0.308 e. The third-order valence-electron chi connectivity index (χ3n) is 22.0. The van der Waals surface area contributed by atoms with Gasteiger partial charge in [-0.3, -0.25) is 4.79 Å². The maximum atomic E-state index is 11.2. The van der Waals surface area contributed by atoms with E-state index in [9.17, 15) is 40.5 Å². The van der Waals surface area contributed by atoms with Crippen molar-refractivity contribution in [2.75, 3.05) is 35.2 Å². The molecule has 23 nitrogen and oxygen atoms in total. The first-order valence-electron chi connectivity index (χ1n) is 45.5. The van der Waals surface area contributed by atoms with Gasteiger partial charge in [0.05, 0.1) is 73.2 Å². The minimum atomic E-state index is -0.383. The van der Waals surface area contributed by atoms with Crippen LogP contribution in [-0.2, 0) is 11.4 Å². The van der Waals surface area contributed by atoms with Gasteiger partial charge in [0.1, 0.15) is 80.0 Å². The zero-order valence-corrected chi connectivity index (χ0v) is 82.6. The zero-order valence-electron chi connectivity index (χ0n) is 79.5. The molecule has 0 amide bonds. The topological polar surface area (TPSA) is 319 Å². The third kappa shape index (κ3) is 27.5. The van der Waals surface area contributed by atoms with E-state index >= 15 is 0 Å². The summed E-state index contributed by atoms with van der Waals surface area (Å²) in [7, 11) is 6.28. The Bertz CT molecular complexity index is 8090. The Hall–Kier alpha value is -17.7. The van der Waals surface area contributed by atoms with Gasteiger partial charge in [-0.1, -0.05) is 217 Å². The number of hydrogen-bond acceptors (Lipinski definition) is 23. The van der Waals surface area contributed by atoms with Gasteiger partial charge < -0.3 is 78.4 Å². The largest absolute Gasteiger partial charge is 0.506 e. The zero-order chi connectivity index (χ0) is 102. The molecule has 0 aliphatic carbocycles. The molecule has 26 heteroatoms. The molecule has 726 valence electrons. The second kappa shape index (κ2) is 48.9. The highest BCUT2D eigenvalue weighted by atomic mass is 79.9. The number of pyridine rings is 6. The fourth-order valence-electron chi connectivity index (χ4n) is 14.9. The van der Waals surface area contributed by atoms with Crippen LogP contribution in [0.2, 0.25) is 10.0 Å². The van der Waals surface area contributed by atoms with E-state index in [0.717, 1.165) is 106 Å². The van der Waals surface area contributed by atoms with Crippen molar-refractivity contribution in [3.8, 4) is 92.0 Å². The minimum Gasteiger partial charge on any atom is -0.506 e. The first-order valence-corrected chi connectivity index (χ1v) is 47.0. The lowest BCUT2D eigenvalue weighted by molar-refractivity contribution is -0.131. The van der Waals surface area contributed by atoms with E-state index in [-0.39, 0.29) is 59.1 Å². The lowest BCUT2D eigenvalue weighted by Crippen LogP contribution is -2.05. The van der Waals surface area contributed by atoms with Gasteiger partial charge in [0.25, 0.3) is 0 Å². The average Bonchev–Trinajstić information content (AvgIpc) is 1.45. The number of halogens is 3. The van der Waals surface area contributed by atoms with E-state index in [0.29, 0.717) is 106 Å². The molecule has 1 aliphatic rings. The number of benzene rings is 13. The summed E-state index contributed by atoms with van der Waals surface area (Å²) in [4.78, 5) is 38.1. The highest BCUT2D eigenvalue weighted by molar-refractivity contribution is 9.10. The van der Waals surface area contributed by atoms with Gasteiger partial charge >= 0.3 is 5.97 Å². The number of fused-ring (bicyclic) bond motifs is 7. The molecule has 20 rings (SSSR count). The van der Waals surface area contributed by atoms with E-state index in [4.69, 9.17) is 65.8 Å². The summed E-state index contributed by atoms with van der Waals surface area (Å²) < 4.78 is 49.2. The summed E-state index contributed by atoms with van der Waals surface area (Å²) >= 11 is 15.3. The van der Waals surface area contributed by atoms with Crippen LogP contribution >= 0.6 is 39.1 Å². The van der Waals surface area contributed by atoms with Crippen molar-refractivity contribution < 1.29 is 83.2 Å². The molecule has 7 heterocycles. The predicted molar refractivity (Wildman–Crippen MR) is 582 cm³/mol. The lowest BCUT2D eigenvalue weighted by Gasteiger charge is -2.11. The number of phenolic OH excluding ortho intramolecular Hbond substituents is 7. The Morgan fingerprint density at radius 1 is 0.345 bits per heavy atom. The molecule has 0 fully saturated rings. The number of carbonyl (C=O) groups is 1. The van der Waals surface area contributed by atoms with Crippen molar-refractivity contribution in [2.24, 2.45) is 0 Å². The average molecular weight is 2030 g/mol. The van der Waals surface area contributed by atoms with Gasteiger partial charge in [-0.05, 0) is 246 Å². The Kier molecular flexibility index (Phi) is 34.3. The molecule has 0 saturated heterocycles. The van der Waals surface area contributed by atoms with Crippen LogP contribution in [0.5, 0.6) is 92.0 Å². The number of esters is 1. The number of carbonyl (C=O) groups excluding carboxylic acids is 1. The van der Waals surface area contributed by atoms with Crippen LogP contribution in [0.1, 0.15) is 93.9 Å². The Labute approximate surface area is 854 Å². The standard InChI is InChI=1S/C25H21NO3.C20H17NO4.C20H19NO2.C19H16ClNO3.C18H13NO3.C17H11BrClNO2/c1-28-24-16-18(11-15-23(24)29-17-19-6-3-2-4-7-19)10-13-21-14-12-20-8-5-9-22(27)25(20)26-21;1-13(22)25-18-5-3-4-15-8-10-16(21-20(15)18)9-6-14-7-11-17(23)19(12-14)24-2;1-14(2)23-18-12-7-15(8-13-18)6-10-17-11-9-16-4-3-5-19(22)20(16)21-17;1-23-17-11-14(20)10-13(19(17)24-2)7-9-15-8-6-12-4-3-5-16(22)18(12)21-15;20-15-3-1-2-13-6-8-14(19-18(13)15)7-4-12-5-9-16-17(10-12)22-11-21-16;18-14-9-12(19)8-11(17(14)22)5-7-13-6-4-10-2-1-3-15(21)16(10)20-13/h2-16,27H,17H2,1H3;3-12,23H,1-2H3;3-14,22H,1-2H3;3-11,22H,1-2H3;1-10,20H,11H2;1-9,21-22H/b13-10+;9-6+;10-6+;9-7+;7-4+;7-5+. The highest BCUT2D eigenvalue weighted by Crippen LogP contribution is 2.40. The number of rotatable bonds is 22. The van der Waals surface area contributed by atoms with Crippen LogP contribution in [0.15, 0.2) is 320 Å². The SMILES string of the molecule is CC(C)Oc1ccc(/C=C/c2ccc3cccc(O)c3n2)cc1.COc1cc(/C=C/c2ccc3cccc(O)c3n2)ccc1OCc1ccccc1.COc1cc(/C=C/c2ccc3cccc(OC(C)=O)c3n2)ccc1O.COc1cc(Cl)cc(/C=C/c2ccc3cccc(O)c3n2)c1OC.Oc1c(Br)cc(Cl)cc1/C=C/c1ccc2cccc(O)c2n1.Oc1cccc2ccc(/C=C/c3ccc4c(c3)OCO4)nc12. The third-order valence-corrected chi connectivity index (χ3v) is 23.1. The molecule has 6 aromatic heterocycles. The molecular weight excluding hydrogens is 1940 g/mol. The van der Waals surface area contributed by atoms with E-state index in [1.54, 1.807) is 124 Å². The summed E-state index contributed by atoms with van der Waals surface area (Å²) in [6, 6.07) is 96.5. The van der Waals surface area contributed by atoms with Crippen LogP contribution < -0.4 is 42.6 Å². The number of aromatic hydroxyl groups is 7. The number of nitrogens with zero attached hydrogens (tertiary/aromatic N) is 6. The lowest BCUT2D eigenvalue weighted by atomic mass is 10.1. The second-order valence-corrected chi connectivity index (χ2v) is 34.3. The van der Waals surface area contributed by atoms with Crippen molar-refractivity contribution in [3.63, 3.8) is 0 Å². The first-order chi connectivity index (χ1) is 70.4. The monoisotopic (exact) mass is 2030 g/mol. The molecule has 0 saturated carbocycles. The molecule has 0 bridgehead atoms. The summed E-state index contributed by atoms with van der Waals surface area (Å²) in [6.45, 7) is 6.13. The van der Waals surface area contributed by atoms with Crippen LogP contribution in [0.25, 0.3) is 138 Å². The fourth-order valence-corrected chi connectivity index (χ4v) is 16.0. The Balaban J connectivity index is 0.000000131. The summed E-state index contributed by atoms with van der Waals surface area (Å²) in [6.07, 6.45) is 22.7. The summed E-state index contributed by atoms with van der Waals surface area (Å²) in [5.74, 6) is 6.46. The van der Waals surface area contributed by atoms with Crippen molar-refractivity contribution in [2.45, 2.75) is 33.5 Å². The van der Waals surface area contributed by atoms with E-state index in [1.165, 1.54) is 14.0 Å². The highest BCUT2D eigenvalue weighted by Gasteiger charge is 2.17. The number of ether oxygens (including phenoxy) is 9. The van der Waals surface area contributed by atoms with Crippen molar-refractivity contribution in [3.05, 3.63) is 403 Å². The molecule has 0 radical (unpaired) electrons. The second-order valence-electron chi connectivity index (χ2n) is 32.6. The minimum absolute atomic E-state index is 0.0921. The normalized spacial score (nSPS) is 11.5. The van der Waals surface area contributed by atoms with Gasteiger partial charge in [0, 0.05) is 66.5 Å². The maximum absolute atomic E-state index is 11.2. The predicted octanol–water partition coefficient (Wildman–Crippen LogP) is 28.5. The number of aromatic nitrogens is 6. The van der Waals surface area contributed by atoms with Crippen LogP contribution in [0.4, 0.5) is 0 Å². The maximum Gasteiger partial charge on any atom is 0.308 e. The number of hydrogen-bond donors (Lipinski definition) is 7. The molecule has 7 N–H and O–H groups in total. The molecule has 13 aromatic carbocycles.